The third kappa shape index (κ3) is 13.1. The standard InChI is InChI=1S/C15H28O2/c1-3-5-7-9-11-13-15(16)17-14-12-10-8-6-4-2/h7,9H,3-6,8,10-14H2,1-2H3/b9-7-. The van der Waals surface area contributed by atoms with Crippen LogP contribution in [0.2, 0.25) is 0 Å². The molecule has 0 radical (unpaired) electrons. The predicted octanol–water partition coefficient (Wildman–Crippen LogP) is 4.64. The van der Waals surface area contributed by atoms with E-state index < -0.39 is 0 Å². The quantitative estimate of drug-likeness (QED) is 0.299. The Balaban J connectivity index is 3.23. The van der Waals surface area contributed by atoms with Crippen LogP contribution in [0.25, 0.3) is 0 Å². The van der Waals surface area contributed by atoms with Crippen molar-refractivity contribution in [1.29, 1.82) is 0 Å². The van der Waals surface area contributed by atoms with Gasteiger partial charge in [-0.1, -0.05) is 58.1 Å². The maximum absolute atomic E-state index is 11.3. The zero-order chi connectivity index (χ0) is 12.8. The molecule has 17 heavy (non-hydrogen) atoms. The predicted molar refractivity (Wildman–Crippen MR) is 73.0 cm³/mol. The van der Waals surface area contributed by atoms with E-state index in [-0.39, 0.29) is 5.97 Å². The van der Waals surface area contributed by atoms with E-state index in [2.05, 4.69) is 26.0 Å². The summed E-state index contributed by atoms with van der Waals surface area (Å²) in [7, 11) is 0. The Hall–Kier alpha value is -0.790. The number of hydrogen-bond acceptors (Lipinski definition) is 2. The molecule has 2 heteroatoms. The highest BCUT2D eigenvalue weighted by molar-refractivity contribution is 5.69. The van der Waals surface area contributed by atoms with Crippen molar-refractivity contribution in [3.8, 4) is 0 Å². The average molecular weight is 240 g/mol. The van der Waals surface area contributed by atoms with Crippen molar-refractivity contribution in [2.24, 2.45) is 0 Å². The number of esters is 1. The van der Waals surface area contributed by atoms with Crippen LogP contribution >= 0.6 is 0 Å². The Morgan fingerprint density at radius 3 is 2.35 bits per heavy atom. The van der Waals surface area contributed by atoms with Gasteiger partial charge in [-0.15, -0.1) is 0 Å². The molecule has 100 valence electrons. The second kappa shape index (κ2) is 13.3. The molecule has 0 saturated carbocycles. The van der Waals surface area contributed by atoms with Crippen LogP contribution in [-0.2, 0) is 9.53 Å². The van der Waals surface area contributed by atoms with Crippen LogP contribution in [0.5, 0.6) is 0 Å². The molecule has 0 N–H and O–H groups in total. The molecule has 0 rings (SSSR count). The highest BCUT2D eigenvalue weighted by Crippen LogP contribution is 2.03. The average Bonchev–Trinajstić information content (AvgIpc) is 2.33. The van der Waals surface area contributed by atoms with Gasteiger partial charge in [0.2, 0.25) is 0 Å². The monoisotopic (exact) mass is 240 g/mol. The second-order valence-electron chi connectivity index (χ2n) is 4.43. The molecular weight excluding hydrogens is 212 g/mol. The summed E-state index contributed by atoms with van der Waals surface area (Å²) in [5, 5.41) is 0. The van der Waals surface area contributed by atoms with Gasteiger partial charge < -0.3 is 4.74 Å². The largest absolute Gasteiger partial charge is 0.466 e. The van der Waals surface area contributed by atoms with Gasteiger partial charge >= 0.3 is 5.97 Å². The summed E-state index contributed by atoms with van der Waals surface area (Å²) in [5.74, 6) is -0.0540. The summed E-state index contributed by atoms with van der Waals surface area (Å²) >= 11 is 0. The van der Waals surface area contributed by atoms with Crippen molar-refractivity contribution in [2.75, 3.05) is 6.61 Å². The fourth-order valence-electron chi connectivity index (χ4n) is 1.57. The molecule has 0 aromatic rings. The van der Waals surface area contributed by atoms with Crippen molar-refractivity contribution in [3.63, 3.8) is 0 Å². The Bertz CT molecular complexity index is 197. The molecule has 0 amide bonds. The van der Waals surface area contributed by atoms with Crippen molar-refractivity contribution in [2.45, 2.75) is 71.6 Å². The lowest BCUT2D eigenvalue weighted by atomic mass is 10.2. The lowest BCUT2D eigenvalue weighted by molar-refractivity contribution is -0.143. The van der Waals surface area contributed by atoms with Gasteiger partial charge in [0.05, 0.1) is 6.61 Å². The summed E-state index contributed by atoms with van der Waals surface area (Å²) in [4.78, 5) is 11.3. The molecule has 0 bridgehead atoms. The molecule has 0 aliphatic heterocycles. The molecule has 0 atom stereocenters. The highest BCUT2D eigenvalue weighted by Gasteiger charge is 2.00. The van der Waals surface area contributed by atoms with Gasteiger partial charge in [0.1, 0.15) is 0 Å². The first kappa shape index (κ1) is 16.2. The Morgan fingerprint density at radius 2 is 1.65 bits per heavy atom. The van der Waals surface area contributed by atoms with Crippen LogP contribution < -0.4 is 0 Å². The number of rotatable bonds is 11. The van der Waals surface area contributed by atoms with Crippen molar-refractivity contribution in [1.82, 2.24) is 0 Å². The number of hydrogen-bond donors (Lipinski definition) is 0. The van der Waals surface area contributed by atoms with E-state index >= 15 is 0 Å². The van der Waals surface area contributed by atoms with Crippen molar-refractivity contribution in [3.05, 3.63) is 12.2 Å². The van der Waals surface area contributed by atoms with Crippen LogP contribution in [0.4, 0.5) is 0 Å². The molecule has 2 nitrogen and oxygen atoms in total. The Kier molecular flexibility index (Phi) is 12.7. The van der Waals surface area contributed by atoms with Crippen LogP contribution in [0.1, 0.15) is 71.6 Å². The van der Waals surface area contributed by atoms with Gasteiger partial charge in [0, 0.05) is 6.42 Å². The van der Waals surface area contributed by atoms with Crippen LogP contribution in [0.3, 0.4) is 0 Å². The van der Waals surface area contributed by atoms with Crippen LogP contribution in [0.15, 0.2) is 12.2 Å². The molecule has 0 heterocycles. The van der Waals surface area contributed by atoms with Crippen molar-refractivity contribution < 1.29 is 9.53 Å². The summed E-state index contributed by atoms with van der Waals surface area (Å²) < 4.78 is 5.16. The van der Waals surface area contributed by atoms with Gasteiger partial charge in [-0.05, 0) is 19.3 Å². The van der Waals surface area contributed by atoms with Gasteiger partial charge in [-0.25, -0.2) is 0 Å². The fourth-order valence-corrected chi connectivity index (χ4v) is 1.57. The number of allylic oxidation sites excluding steroid dienone is 2. The second-order valence-corrected chi connectivity index (χ2v) is 4.43. The number of unbranched alkanes of at least 4 members (excludes halogenated alkanes) is 5. The van der Waals surface area contributed by atoms with Crippen molar-refractivity contribution >= 4 is 5.97 Å². The van der Waals surface area contributed by atoms with E-state index in [1.54, 1.807) is 0 Å². The normalized spacial score (nSPS) is 10.9. The van der Waals surface area contributed by atoms with E-state index in [1.165, 1.54) is 32.1 Å². The topological polar surface area (TPSA) is 26.3 Å². The third-order valence-corrected chi connectivity index (χ3v) is 2.65. The fraction of sp³-hybridized carbons (Fsp3) is 0.800. The molecule has 0 aliphatic rings. The van der Waals surface area contributed by atoms with Gasteiger partial charge in [0.25, 0.3) is 0 Å². The molecule has 0 aromatic carbocycles. The van der Waals surface area contributed by atoms with E-state index in [0.717, 1.165) is 19.3 Å². The SMILES string of the molecule is CCC/C=C\CCC(=O)OCCCCCCC. The number of carbonyl (C=O) groups excluding carboxylic acids is 1. The summed E-state index contributed by atoms with van der Waals surface area (Å²) in [6, 6.07) is 0. The van der Waals surface area contributed by atoms with E-state index in [4.69, 9.17) is 4.74 Å². The van der Waals surface area contributed by atoms with E-state index in [0.29, 0.717) is 13.0 Å². The maximum Gasteiger partial charge on any atom is 0.306 e. The first-order chi connectivity index (χ1) is 8.31. The zero-order valence-electron chi connectivity index (χ0n) is 11.5. The molecule has 0 spiro atoms. The molecule has 0 fully saturated rings. The molecular formula is C15H28O2. The molecule has 0 unspecified atom stereocenters. The summed E-state index contributed by atoms with van der Waals surface area (Å²) in [6.45, 7) is 4.95. The van der Waals surface area contributed by atoms with Gasteiger partial charge in [-0.2, -0.15) is 0 Å². The molecule has 0 aliphatic carbocycles. The van der Waals surface area contributed by atoms with E-state index in [1.807, 2.05) is 0 Å². The zero-order valence-corrected chi connectivity index (χ0v) is 11.5. The Labute approximate surface area is 106 Å². The number of carbonyl (C=O) groups is 1. The van der Waals surface area contributed by atoms with E-state index in [9.17, 15) is 4.79 Å². The first-order valence-corrected chi connectivity index (χ1v) is 7.11. The highest BCUT2D eigenvalue weighted by atomic mass is 16.5. The van der Waals surface area contributed by atoms with Crippen LogP contribution in [0, 0.1) is 0 Å². The minimum atomic E-state index is -0.0540. The lowest BCUT2D eigenvalue weighted by Crippen LogP contribution is -2.05. The van der Waals surface area contributed by atoms with Gasteiger partial charge in [-0.3, -0.25) is 4.79 Å². The Morgan fingerprint density at radius 1 is 0.941 bits per heavy atom. The summed E-state index contributed by atoms with van der Waals surface area (Å²) in [6.07, 6.45) is 13.8. The molecule has 0 saturated heterocycles. The van der Waals surface area contributed by atoms with Crippen LogP contribution in [-0.4, -0.2) is 12.6 Å². The smallest absolute Gasteiger partial charge is 0.306 e. The third-order valence-electron chi connectivity index (χ3n) is 2.65. The minimum absolute atomic E-state index is 0.0540. The molecule has 0 aromatic heterocycles. The summed E-state index contributed by atoms with van der Waals surface area (Å²) in [5.41, 5.74) is 0. The van der Waals surface area contributed by atoms with Gasteiger partial charge in [0.15, 0.2) is 0 Å². The lowest BCUT2D eigenvalue weighted by Gasteiger charge is -2.03. The maximum atomic E-state index is 11.3. The number of ether oxygens (including phenoxy) is 1. The minimum Gasteiger partial charge on any atom is -0.466 e. The first-order valence-electron chi connectivity index (χ1n) is 7.11.